The van der Waals surface area contributed by atoms with E-state index in [-0.39, 0.29) is 55.3 Å². The molecule has 1 aromatic rings. The largest absolute Gasteiger partial charge is 0.508 e. The van der Waals surface area contributed by atoms with Crippen LogP contribution >= 0.6 is 0 Å². The Balaban J connectivity index is 2.84. The molecule has 1 aromatic carbocycles. The Morgan fingerprint density at radius 2 is 1.36 bits per heavy atom. The fourth-order valence-corrected chi connectivity index (χ4v) is 2.90. The van der Waals surface area contributed by atoms with Crippen LogP contribution in [0.25, 0.3) is 0 Å². The highest BCUT2D eigenvalue weighted by molar-refractivity contribution is 5.77. The second-order valence-electron chi connectivity index (χ2n) is 9.71. The molecule has 0 fully saturated rings. The van der Waals surface area contributed by atoms with E-state index in [1.807, 2.05) is 27.7 Å². The highest BCUT2D eigenvalue weighted by Crippen LogP contribution is 2.30. The zero-order chi connectivity index (χ0) is 27.4. The van der Waals surface area contributed by atoms with Gasteiger partial charge >= 0.3 is 24.1 Å². The molecule has 0 aliphatic heterocycles. The van der Waals surface area contributed by atoms with Gasteiger partial charge in [0.15, 0.2) is 11.5 Å². The minimum absolute atomic E-state index is 0.0679. The molecule has 1 rings (SSSR count). The van der Waals surface area contributed by atoms with Crippen molar-refractivity contribution in [2.45, 2.75) is 86.0 Å². The molecule has 0 unspecified atom stereocenters. The van der Waals surface area contributed by atoms with Crippen molar-refractivity contribution in [1.82, 2.24) is 0 Å². The summed E-state index contributed by atoms with van der Waals surface area (Å²) in [6.45, 7) is 12.3. The zero-order valence-electron chi connectivity index (χ0n) is 22.2. The molecule has 10 heteroatoms. The lowest BCUT2D eigenvalue weighted by Gasteiger charge is -2.17. The van der Waals surface area contributed by atoms with Crippen LogP contribution in [0.1, 0.15) is 66.9 Å². The third-order valence-corrected chi connectivity index (χ3v) is 4.45. The first kappa shape index (κ1) is 30.9. The Labute approximate surface area is 212 Å². The summed E-state index contributed by atoms with van der Waals surface area (Å²) in [5.41, 5.74) is 6.56. The number of hydrogen-bond donors (Lipinski definition) is 1. The van der Waals surface area contributed by atoms with Crippen LogP contribution in [0.3, 0.4) is 0 Å². The van der Waals surface area contributed by atoms with Gasteiger partial charge in [-0.25, -0.2) is 4.79 Å². The SMILES string of the molecule is CC(C)CC(=O)Oc1ccc(C[C@H](N)C(=O)OC[C@H](C)OC(=O)OC(C)C)cc1OC(=O)CC(C)C. The highest BCUT2D eigenvalue weighted by atomic mass is 16.7. The number of carbonyl (C=O) groups excluding carboxylic acids is 4. The molecule has 0 amide bonds. The summed E-state index contributed by atoms with van der Waals surface area (Å²) in [5.74, 6) is -1.27. The van der Waals surface area contributed by atoms with Gasteiger partial charge in [-0.15, -0.1) is 0 Å². The van der Waals surface area contributed by atoms with Crippen molar-refractivity contribution < 1.29 is 42.9 Å². The van der Waals surface area contributed by atoms with E-state index in [1.165, 1.54) is 12.1 Å². The van der Waals surface area contributed by atoms with Gasteiger partial charge in [-0.3, -0.25) is 14.4 Å². The lowest BCUT2D eigenvalue weighted by Crippen LogP contribution is -2.36. The topological polar surface area (TPSA) is 140 Å². The monoisotopic (exact) mass is 509 g/mol. The predicted octanol–water partition coefficient (Wildman–Crippen LogP) is 3.95. The van der Waals surface area contributed by atoms with E-state index in [2.05, 4.69) is 0 Å². The summed E-state index contributed by atoms with van der Waals surface area (Å²) < 4.78 is 25.9. The smallest absolute Gasteiger partial charge is 0.461 e. The average Bonchev–Trinajstić information content (AvgIpc) is 2.71. The summed E-state index contributed by atoms with van der Waals surface area (Å²) in [5, 5.41) is 0. The predicted molar refractivity (Wildman–Crippen MR) is 131 cm³/mol. The average molecular weight is 510 g/mol. The molecule has 202 valence electrons. The van der Waals surface area contributed by atoms with Crippen molar-refractivity contribution in [3.8, 4) is 11.5 Å². The lowest BCUT2D eigenvalue weighted by atomic mass is 10.1. The van der Waals surface area contributed by atoms with E-state index in [9.17, 15) is 19.2 Å². The molecule has 0 saturated carbocycles. The molecule has 0 aromatic heterocycles. The second-order valence-corrected chi connectivity index (χ2v) is 9.71. The lowest BCUT2D eigenvalue weighted by molar-refractivity contribution is -0.148. The maximum absolute atomic E-state index is 12.3. The van der Waals surface area contributed by atoms with Gasteiger partial charge in [0.25, 0.3) is 0 Å². The quantitative estimate of drug-likeness (QED) is 0.307. The van der Waals surface area contributed by atoms with Crippen molar-refractivity contribution >= 4 is 24.1 Å². The zero-order valence-corrected chi connectivity index (χ0v) is 22.2. The van der Waals surface area contributed by atoms with E-state index in [1.54, 1.807) is 26.8 Å². The van der Waals surface area contributed by atoms with E-state index in [4.69, 9.17) is 29.4 Å². The Morgan fingerprint density at radius 1 is 0.806 bits per heavy atom. The Bertz CT molecular complexity index is 895. The Hall–Kier alpha value is -3.14. The molecule has 0 spiro atoms. The minimum Gasteiger partial charge on any atom is -0.461 e. The van der Waals surface area contributed by atoms with Crippen LogP contribution in [0.15, 0.2) is 18.2 Å². The van der Waals surface area contributed by atoms with Crippen molar-refractivity contribution in [3.05, 3.63) is 23.8 Å². The van der Waals surface area contributed by atoms with Crippen LogP contribution in [0.5, 0.6) is 11.5 Å². The van der Waals surface area contributed by atoms with Gasteiger partial charge in [0.1, 0.15) is 18.8 Å². The van der Waals surface area contributed by atoms with Crippen molar-refractivity contribution in [3.63, 3.8) is 0 Å². The first-order valence-electron chi connectivity index (χ1n) is 12.1. The van der Waals surface area contributed by atoms with Gasteiger partial charge in [-0.2, -0.15) is 0 Å². The van der Waals surface area contributed by atoms with E-state index in [0.29, 0.717) is 5.56 Å². The van der Waals surface area contributed by atoms with Crippen molar-refractivity contribution in [2.24, 2.45) is 17.6 Å². The van der Waals surface area contributed by atoms with E-state index >= 15 is 0 Å². The molecule has 2 atom stereocenters. The van der Waals surface area contributed by atoms with Crippen molar-refractivity contribution in [1.29, 1.82) is 0 Å². The second kappa shape index (κ2) is 15.1. The van der Waals surface area contributed by atoms with Crippen LogP contribution in [0.2, 0.25) is 0 Å². The molecule has 36 heavy (non-hydrogen) atoms. The maximum atomic E-state index is 12.3. The fraction of sp³-hybridized carbons (Fsp3) is 0.615. The third kappa shape index (κ3) is 12.5. The Kier molecular flexibility index (Phi) is 12.9. The van der Waals surface area contributed by atoms with Gasteiger partial charge < -0.3 is 29.4 Å². The number of esters is 3. The molecule has 0 radical (unpaired) electrons. The minimum atomic E-state index is -1.03. The summed E-state index contributed by atoms with van der Waals surface area (Å²) in [7, 11) is 0. The van der Waals surface area contributed by atoms with Crippen LogP contribution in [-0.4, -0.2) is 48.9 Å². The van der Waals surface area contributed by atoms with Crippen molar-refractivity contribution in [2.75, 3.05) is 6.61 Å². The van der Waals surface area contributed by atoms with Crippen LogP contribution in [0, 0.1) is 11.8 Å². The number of ether oxygens (including phenoxy) is 5. The number of carbonyl (C=O) groups is 4. The summed E-state index contributed by atoms with van der Waals surface area (Å²) in [6, 6.07) is 3.60. The molecular formula is C26H39NO9. The van der Waals surface area contributed by atoms with E-state index < -0.39 is 36.2 Å². The molecular weight excluding hydrogens is 470 g/mol. The van der Waals surface area contributed by atoms with Gasteiger partial charge in [-0.1, -0.05) is 33.8 Å². The molecule has 0 bridgehead atoms. The first-order chi connectivity index (χ1) is 16.8. The van der Waals surface area contributed by atoms with Crippen LogP contribution in [-0.2, 0) is 35.0 Å². The van der Waals surface area contributed by atoms with Gasteiger partial charge in [0.2, 0.25) is 0 Å². The molecule has 0 heterocycles. The molecule has 0 aliphatic rings. The van der Waals surface area contributed by atoms with E-state index in [0.717, 1.165) is 0 Å². The number of hydrogen-bond acceptors (Lipinski definition) is 10. The highest BCUT2D eigenvalue weighted by Gasteiger charge is 2.21. The van der Waals surface area contributed by atoms with Crippen LogP contribution < -0.4 is 15.2 Å². The standard InChI is InChI=1S/C26H39NO9/c1-15(2)10-23(28)35-21-9-8-19(13-22(21)36-24(29)11-16(3)4)12-20(27)25(30)32-14-18(7)34-26(31)33-17(5)6/h8-9,13,15-18,20H,10-12,14,27H2,1-7H3/t18-,20-/m0/s1. The number of rotatable bonds is 13. The fourth-order valence-electron chi connectivity index (χ4n) is 2.90. The van der Waals surface area contributed by atoms with Gasteiger partial charge in [0.05, 0.1) is 6.10 Å². The molecule has 2 N–H and O–H groups in total. The summed E-state index contributed by atoms with van der Waals surface area (Å²) >= 11 is 0. The molecule has 0 saturated heterocycles. The maximum Gasteiger partial charge on any atom is 0.508 e. The first-order valence-corrected chi connectivity index (χ1v) is 12.1. The summed E-state index contributed by atoms with van der Waals surface area (Å²) in [4.78, 5) is 48.3. The number of benzene rings is 1. The molecule has 10 nitrogen and oxygen atoms in total. The number of nitrogens with two attached hydrogens (primary N) is 1. The third-order valence-electron chi connectivity index (χ3n) is 4.45. The molecule has 0 aliphatic carbocycles. The Morgan fingerprint density at radius 3 is 1.89 bits per heavy atom. The van der Waals surface area contributed by atoms with Crippen LogP contribution in [0.4, 0.5) is 4.79 Å². The van der Waals surface area contributed by atoms with Gasteiger partial charge in [0, 0.05) is 12.8 Å². The summed E-state index contributed by atoms with van der Waals surface area (Å²) in [6.07, 6.45) is -1.46. The normalized spacial score (nSPS) is 12.8. The van der Waals surface area contributed by atoms with Gasteiger partial charge in [-0.05, 0) is 56.7 Å².